The van der Waals surface area contributed by atoms with Gasteiger partial charge < -0.3 is 4.90 Å². The Morgan fingerprint density at radius 3 is 2.44 bits per heavy atom. The molecule has 1 aromatic rings. The summed E-state index contributed by atoms with van der Waals surface area (Å²) >= 11 is 0. The van der Waals surface area contributed by atoms with Gasteiger partial charge >= 0.3 is 0 Å². The molecule has 1 nitrogen and oxygen atoms in total. The first-order valence-electron chi connectivity index (χ1n) is 5.87. The van der Waals surface area contributed by atoms with Crippen molar-refractivity contribution in [1.29, 1.82) is 0 Å². The Bertz CT molecular complexity index is 325. The standard InChI is InChI=1S/C14H21N.BrH/c1-12-11-15(3)10-9-14(12,2)13-7-5-4-6-8-13;/h4-8,12H,9-11H2,1-3H3;1H/t12-,14-;/m0./s1. The molecule has 2 rings (SSSR count). The molecule has 0 aliphatic carbocycles. The minimum atomic E-state index is 0. The van der Waals surface area contributed by atoms with E-state index in [0.29, 0.717) is 5.41 Å². The lowest BCUT2D eigenvalue weighted by Crippen LogP contribution is -2.45. The molecule has 2 atom stereocenters. The molecule has 0 radical (unpaired) electrons. The van der Waals surface area contributed by atoms with Crippen LogP contribution in [0, 0.1) is 5.92 Å². The molecule has 1 aliphatic heterocycles. The third-order valence-electron chi connectivity index (χ3n) is 4.12. The third-order valence-corrected chi connectivity index (χ3v) is 4.12. The van der Waals surface area contributed by atoms with E-state index in [2.05, 4.69) is 56.1 Å². The summed E-state index contributed by atoms with van der Waals surface area (Å²) in [7, 11) is 2.22. The highest BCUT2D eigenvalue weighted by Gasteiger charge is 2.36. The first kappa shape index (κ1) is 13.7. The molecule has 0 bridgehead atoms. The normalized spacial score (nSPS) is 30.8. The van der Waals surface area contributed by atoms with Gasteiger partial charge in [0.2, 0.25) is 0 Å². The van der Waals surface area contributed by atoms with Gasteiger partial charge in [0.15, 0.2) is 0 Å². The Labute approximate surface area is 110 Å². The van der Waals surface area contributed by atoms with Gasteiger partial charge in [0.05, 0.1) is 0 Å². The second kappa shape index (κ2) is 5.33. The molecule has 0 aromatic heterocycles. The largest absolute Gasteiger partial charge is 0.306 e. The van der Waals surface area contributed by atoms with Crippen molar-refractivity contribution in [2.24, 2.45) is 5.92 Å². The third kappa shape index (κ3) is 2.49. The summed E-state index contributed by atoms with van der Waals surface area (Å²) in [6.45, 7) is 7.23. The summed E-state index contributed by atoms with van der Waals surface area (Å²) < 4.78 is 0. The number of piperidine rings is 1. The maximum absolute atomic E-state index is 2.44. The van der Waals surface area contributed by atoms with Gasteiger partial charge in [-0.25, -0.2) is 0 Å². The zero-order valence-corrected chi connectivity index (χ0v) is 12.2. The lowest BCUT2D eigenvalue weighted by Gasteiger charge is -2.44. The summed E-state index contributed by atoms with van der Waals surface area (Å²) in [5, 5.41) is 0. The van der Waals surface area contributed by atoms with Crippen molar-refractivity contribution in [3.05, 3.63) is 35.9 Å². The molecule has 90 valence electrons. The topological polar surface area (TPSA) is 3.24 Å². The number of benzene rings is 1. The monoisotopic (exact) mass is 283 g/mol. The van der Waals surface area contributed by atoms with E-state index in [0.717, 1.165) is 5.92 Å². The van der Waals surface area contributed by atoms with Gasteiger partial charge in [-0.15, -0.1) is 17.0 Å². The first-order valence-corrected chi connectivity index (χ1v) is 5.87. The second-order valence-electron chi connectivity index (χ2n) is 5.20. The van der Waals surface area contributed by atoms with Crippen molar-refractivity contribution in [2.45, 2.75) is 25.7 Å². The van der Waals surface area contributed by atoms with Crippen LogP contribution in [-0.2, 0) is 5.41 Å². The van der Waals surface area contributed by atoms with Crippen LogP contribution >= 0.6 is 17.0 Å². The molecule has 0 unspecified atom stereocenters. The smallest absolute Gasteiger partial charge is 0.00124 e. The van der Waals surface area contributed by atoms with Crippen molar-refractivity contribution in [1.82, 2.24) is 4.90 Å². The van der Waals surface area contributed by atoms with E-state index < -0.39 is 0 Å². The number of likely N-dealkylation sites (tertiary alicyclic amines) is 1. The van der Waals surface area contributed by atoms with E-state index in [1.807, 2.05) is 0 Å². The van der Waals surface area contributed by atoms with Crippen LogP contribution in [0.2, 0.25) is 0 Å². The van der Waals surface area contributed by atoms with Crippen LogP contribution in [0.25, 0.3) is 0 Å². The lowest BCUT2D eigenvalue weighted by atomic mass is 9.68. The van der Waals surface area contributed by atoms with Crippen LogP contribution in [0.1, 0.15) is 25.8 Å². The fourth-order valence-corrected chi connectivity index (χ4v) is 2.68. The number of nitrogens with zero attached hydrogens (tertiary/aromatic N) is 1. The van der Waals surface area contributed by atoms with E-state index >= 15 is 0 Å². The average Bonchev–Trinajstić information content (AvgIpc) is 2.25. The van der Waals surface area contributed by atoms with Crippen LogP contribution in [0.15, 0.2) is 30.3 Å². The number of rotatable bonds is 1. The Hall–Kier alpha value is -0.340. The van der Waals surface area contributed by atoms with Crippen LogP contribution in [0.3, 0.4) is 0 Å². The van der Waals surface area contributed by atoms with Crippen molar-refractivity contribution < 1.29 is 0 Å². The Balaban J connectivity index is 0.00000128. The molecule has 1 aromatic carbocycles. The summed E-state index contributed by atoms with van der Waals surface area (Å²) in [4.78, 5) is 2.44. The van der Waals surface area contributed by atoms with E-state index in [9.17, 15) is 0 Å². The van der Waals surface area contributed by atoms with Gasteiger partial charge in [-0.1, -0.05) is 44.2 Å². The highest BCUT2D eigenvalue weighted by Crippen LogP contribution is 2.38. The average molecular weight is 284 g/mol. The minimum absolute atomic E-state index is 0. The zero-order chi connectivity index (χ0) is 10.9. The van der Waals surface area contributed by atoms with E-state index in [-0.39, 0.29) is 17.0 Å². The zero-order valence-electron chi connectivity index (χ0n) is 10.4. The molecule has 0 amide bonds. The molecule has 2 heteroatoms. The van der Waals surface area contributed by atoms with Crippen LogP contribution in [0.5, 0.6) is 0 Å². The summed E-state index contributed by atoms with van der Waals surface area (Å²) in [6, 6.07) is 11.0. The predicted molar refractivity (Wildman–Crippen MR) is 75.4 cm³/mol. The molecule has 0 spiro atoms. The van der Waals surface area contributed by atoms with Crippen molar-refractivity contribution >= 4 is 17.0 Å². The van der Waals surface area contributed by atoms with E-state index in [1.54, 1.807) is 0 Å². The highest BCUT2D eigenvalue weighted by molar-refractivity contribution is 8.93. The molecule has 16 heavy (non-hydrogen) atoms. The quantitative estimate of drug-likeness (QED) is 0.763. The van der Waals surface area contributed by atoms with Crippen LogP contribution in [-0.4, -0.2) is 25.0 Å². The van der Waals surface area contributed by atoms with Crippen LogP contribution in [0.4, 0.5) is 0 Å². The fourth-order valence-electron chi connectivity index (χ4n) is 2.68. The van der Waals surface area contributed by atoms with Crippen LogP contribution < -0.4 is 0 Å². The van der Waals surface area contributed by atoms with Gasteiger partial charge in [-0.2, -0.15) is 0 Å². The van der Waals surface area contributed by atoms with Crippen molar-refractivity contribution in [3.8, 4) is 0 Å². The van der Waals surface area contributed by atoms with Gasteiger partial charge in [0, 0.05) is 6.54 Å². The maximum atomic E-state index is 2.44. The lowest BCUT2D eigenvalue weighted by molar-refractivity contribution is 0.134. The molecule has 1 heterocycles. The van der Waals surface area contributed by atoms with E-state index in [4.69, 9.17) is 0 Å². The van der Waals surface area contributed by atoms with Gasteiger partial charge in [-0.05, 0) is 36.9 Å². The highest BCUT2D eigenvalue weighted by atomic mass is 79.9. The summed E-state index contributed by atoms with van der Waals surface area (Å²) in [6.07, 6.45) is 1.27. The summed E-state index contributed by atoms with van der Waals surface area (Å²) in [5.74, 6) is 0.735. The van der Waals surface area contributed by atoms with Gasteiger partial charge in [-0.3, -0.25) is 0 Å². The van der Waals surface area contributed by atoms with Gasteiger partial charge in [0.1, 0.15) is 0 Å². The Morgan fingerprint density at radius 2 is 1.88 bits per heavy atom. The van der Waals surface area contributed by atoms with Crippen molar-refractivity contribution in [3.63, 3.8) is 0 Å². The molecule has 0 saturated carbocycles. The first-order chi connectivity index (χ1) is 7.13. The predicted octanol–water partition coefficient (Wildman–Crippen LogP) is 3.49. The number of hydrogen-bond donors (Lipinski definition) is 0. The number of halogens is 1. The molecule has 1 fully saturated rings. The minimum Gasteiger partial charge on any atom is -0.306 e. The molecule has 1 aliphatic rings. The Morgan fingerprint density at radius 1 is 1.25 bits per heavy atom. The second-order valence-corrected chi connectivity index (χ2v) is 5.20. The van der Waals surface area contributed by atoms with Gasteiger partial charge in [0.25, 0.3) is 0 Å². The summed E-state index contributed by atoms with van der Waals surface area (Å²) in [5.41, 5.74) is 1.87. The molecule has 0 N–H and O–H groups in total. The SMILES string of the molecule is Br.C[C@H]1CN(C)CC[C@]1(C)c1ccccc1. The maximum Gasteiger partial charge on any atom is 0.00124 e. The number of hydrogen-bond acceptors (Lipinski definition) is 1. The fraction of sp³-hybridized carbons (Fsp3) is 0.571. The van der Waals surface area contributed by atoms with E-state index in [1.165, 1.54) is 25.1 Å². The molecular formula is C14H22BrN. The Kier molecular flexibility index (Phi) is 4.57. The molecule has 1 saturated heterocycles. The van der Waals surface area contributed by atoms with Crippen molar-refractivity contribution in [2.75, 3.05) is 20.1 Å². The molecular weight excluding hydrogens is 262 g/mol.